The number of aromatic carboxylic acids is 1. The molecule has 0 fully saturated rings. The van der Waals surface area contributed by atoms with Crippen LogP contribution in [0.2, 0.25) is 10.0 Å². The maximum atomic E-state index is 11.2. The van der Waals surface area contributed by atoms with E-state index in [1.807, 2.05) is 0 Å². The molecule has 3 N–H and O–H groups in total. The highest BCUT2D eigenvalue weighted by Gasteiger charge is 2.15. The van der Waals surface area contributed by atoms with Crippen molar-refractivity contribution in [3.8, 4) is 5.75 Å². The smallest absolute Gasteiger partial charge is 0.341 e. The number of hydrogen-bond acceptors (Lipinski definition) is 3. The third kappa shape index (κ3) is 3.15. The van der Waals surface area contributed by atoms with Gasteiger partial charge in [-0.3, -0.25) is 0 Å². The summed E-state index contributed by atoms with van der Waals surface area (Å²) in [5, 5.41) is 9.99. The van der Waals surface area contributed by atoms with Crippen LogP contribution in [0.4, 0.5) is 5.69 Å². The van der Waals surface area contributed by atoms with Crippen molar-refractivity contribution in [2.45, 2.75) is 6.61 Å². The SMILES string of the molecule is Nc1cccc(OCc2ccc(Cl)c(Cl)c2)c1C(=O)O. The number of carboxylic acid groups (broad SMARTS) is 1. The summed E-state index contributed by atoms with van der Waals surface area (Å²) in [6.45, 7) is 0.167. The fourth-order valence-electron chi connectivity index (χ4n) is 1.69. The van der Waals surface area contributed by atoms with Crippen molar-refractivity contribution < 1.29 is 14.6 Å². The molecule has 0 aromatic heterocycles. The van der Waals surface area contributed by atoms with E-state index < -0.39 is 5.97 Å². The number of halogens is 2. The molecule has 0 amide bonds. The third-order valence-electron chi connectivity index (χ3n) is 2.65. The number of hydrogen-bond donors (Lipinski definition) is 2. The van der Waals surface area contributed by atoms with Crippen molar-refractivity contribution in [1.29, 1.82) is 0 Å². The Balaban J connectivity index is 2.21. The predicted octanol–water partition coefficient (Wildman–Crippen LogP) is 3.85. The molecule has 20 heavy (non-hydrogen) atoms. The van der Waals surface area contributed by atoms with Crippen LogP contribution >= 0.6 is 23.2 Å². The predicted molar refractivity (Wildman–Crippen MR) is 78.6 cm³/mol. The van der Waals surface area contributed by atoms with E-state index in [0.29, 0.717) is 10.0 Å². The van der Waals surface area contributed by atoms with Gasteiger partial charge in [0.15, 0.2) is 0 Å². The van der Waals surface area contributed by atoms with Crippen molar-refractivity contribution >= 4 is 34.9 Å². The van der Waals surface area contributed by atoms with E-state index in [9.17, 15) is 4.79 Å². The molecule has 0 saturated heterocycles. The van der Waals surface area contributed by atoms with E-state index in [1.165, 1.54) is 6.07 Å². The van der Waals surface area contributed by atoms with Gasteiger partial charge in [-0.2, -0.15) is 0 Å². The summed E-state index contributed by atoms with van der Waals surface area (Å²) >= 11 is 11.7. The van der Waals surface area contributed by atoms with E-state index in [4.69, 9.17) is 38.8 Å². The van der Waals surface area contributed by atoms with Gasteiger partial charge in [-0.1, -0.05) is 35.3 Å². The molecule has 0 unspecified atom stereocenters. The quantitative estimate of drug-likeness (QED) is 0.841. The Morgan fingerprint density at radius 3 is 2.60 bits per heavy atom. The van der Waals surface area contributed by atoms with E-state index in [2.05, 4.69) is 0 Å². The van der Waals surface area contributed by atoms with Gasteiger partial charge in [0.05, 0.1) is 10.0 Å². The molecular weight excluding hydrogens is 301 g/mol. The normalized spacial score (nSPS) is 10.3. The molecule has 2 aromatic rings. The molecule has 0 heterocycles. The largest absolute Gasteiger partial charge is 0.488 e. The fourth-order valence-corrected chi connectivity index (χ4v) is 2.01. The van der Waals surface area contributed by atoms with E-state index in [1.54, 1.807) is 30.3 Å². The minimum atomic E-state index is -1.13. The van der Waals surface area contributed by atoms with Gasteiger partial charge >= 0.3 is 5.97 Å². The lowest BCUT2D eigenvalue weighted by atomic mass is 10.1. The average Bonchev–Trinajstić information content (AvgIpc) is 2.39. The van der Waals surface area contributed by atoms with Crippen molar-refractivity contribution in [2.75, 3.05) is 5.73 Å². The molecule has 4 nitrogen and oxygen atoms in total. The molecule has 0 bridgehead atoms. The lowest BCUT2D eigenvalue weighted by molar-refractivity contribution is 0.0693. The van der Waals surface area contributed by atoms with Crippen LogP contribution in [0, 0.1) is 0 Å². The van der Waals surface area contributed by atoms with E-state index in [-0.39, 0.29) is 23.6 Å². The molecule has 2 aromatic carbocycles. The summed E-state index contributed by atoms with van der Waals surface area (Å²) in [6.07, 6.45) is 0. The van der Waals surface area contributed by atoms with Crippen LogP contribution in [0.3, 0.4) is 0 Å². The number of carbonyl (C=O) groups is 1. The second kappa shape index (κ2) is 6.03. The molecule has 0 saturated carbocycles. The van der Waals surface area contributed by atoms with E-state index in [0.717, 1.165) is 5.56 Å². The number of ether oxygens (including phenoxy) is 1. The Bertz CT molecular complexity index is 659. The molecule has 2 rings (SSSR count). The minimum absolute atomic E-state index is 0.0486. The summed E-state index contributed by atoms with van der Waals surface area (Å²) in [7, 11) is 0. The highest BCUT2D eigenvalue weighted by Crippen LogP contribution is 2.27. The number of rotatable bonds is 4. The Morgan fingerprint density at radius 1 is 1.20 bits per heavy atom. The van der Waals surface area contributed by atoms with Gasteiger partial charge in [0.2, 0.25) is 0 Å². The first kappa shape index (κ1) is 14.5. The summed E-state index contributed by atoms with van der Waals surface area (Å²) in [6, 6.07) is 9.76. The van der Waals surface area contributed by atoms with Crippen LogP contribution in [-0.2, 0) is 6.61 Å². The van der Waals surface area contributed by atoms with Gasteiger partial charge in [0.1, 0.15) is 17.9 Å². The first-order valence-electron chi connectivity index (χ1n) is 5.67. The zero-order valence-electron chi connectivity index (χ0n) is 10.3. The fraction of sp³-hybridized carbons (Fsp3) is 0.0714. The van der Waals surface area contributed by atoms with Gasteiger partial charge in [-0.25, -0.2) is 4.79 Å². The molecule has 0 atom stereocenters. The van der Waals surface area contributed by atoms with Crippen LogP contribution in [0.1, 0.15) is 15.9 Å². The lowest BCUT2D eigenvalue weighted by Crippen LogP contribution is -2.06. The molecular formula is C14H11Cl2NO3. The van der Waals surface area contributed by atoms with Gasteiger partial charge in [-0.05, 0) is 29.8 Å². The number of nitrogens with two attached hydrogens (primary N) is 1. The Kier molecular flexibility index (Phi) is 4.37. The number of nitrogen functional groups attached to an aromatic ring is 1. The second-order valence-corrected chi connectivity index (χ2v) is 4.88. The monoisotopic (exact) mass is 311 g/mol. The highest BCUT2D eigenvalue weighted by molar-refractivity contribution is 6.42. The van der Waals surface area contributed by atoms with E-state index >= 15 is 0 Å². The van der Waals surface area contributed by atoms with Crippen LogP contribution in [-0.4, -0.2) is 11.1 Å². The molecule has 0 radical (unpaired) electrons. The van der Waals surface area contributed by atoms with Gasteiger partial charge < -0.3 is 15.6 Å². The molecule has 0 spiro atoms. The summed E-state index contributed by atoms with van der Waals surface area (Å²) in [5.41, 5.74) is 6.52. The molecule has 0 aliphatic heterocycles. The maximum absolute atomic E-state index is 11.2. The lowest BCUT2D eigenvalue weighted by Gasteiger charge is -2.11. The summed E-state index contributed by atoms with van der Waals surface area (Å²) in [5.74, 6) is -0.921. The summed E-state index contributed by atoms with van der Waals surface area (Å²) < 4.78 is 5.50. The number of benzene rings is 2. The Labute approximate surface area is 125 Å². The second-order valence-electron chi connectivity index (χ2n) is 4.06. The molecule has 0 aliphatic carbocycles. The van der Waals surface area contributed by atoms with Crippen molar-refractivity contribution in [3.05, 3.63) is 57.6 Å². The van der Waals surface area contributed by atoms with Crippen molar-refractivity contribution in [2.24, 2.45) is 0 Å². The number of carboxylic acids is 1. The zero-order chi connectivity index (χ0) is 14.7. The molecule has 6 heteroatoms. The number of anilines is 1. The Morgan fingerprint density at radius 2 is 1.95 bits per heavy atom. The van der Waals surface area contributed by atoms with Crippen LogP contribution < -0.4 is 10.5 Å². The molecule has 0 aliphatic rings. The highest BCUT2D eigenvalue weighted by atomic mass is 35.5. The maximum Gasteiger partial charge on any atom is 0.341 e. The van der Waals surface area contributed by atoms with Crippen molar-refractivity contribution in [1.82, 2.24) is 0 Å². The van der Waals surface area contributed by atoms with Crippen LogP contribution in [0.15, 0.2) is 36.4 Å². The van der Waals surface area contributed by atoms with Gasteiger partial charge in [0, 0.05) is 5.69 Å². The first-order chi connectivity index (χ1) is 9.49. The third-order valence-corrected chi connectivity index (χ3v) is 3.39. The Hall–Kier alpha value is -1.91. The van der Waals surface area contributed by atoms with Crippen LogP contribution in [0.5, 0.6) is 5.75 Å². The minimum Gasteiger partial charge on any atom is -0.488 e. The summed E-state index contributed by atoms with van der Waals surface area (Å²) in [4.78, 5) is 11.2. The standard InChI is InChI=1S/C14H11Cl2NO3/c15-9-5-4-8(6-10(9)16)7-20-12-3-1-2-11(17)13(12)14(18)19/h1-6H,7,17H2,(H,18,19). The van der Waals surface area contributed by atoms with Gasteiger partial charge in [0.25, 0.3) is 0 Å². The van der Waals surface area contributed by atoms with Crippen molar-refractivity contribution in [3.63, 3.8) is 0 Å². The van der Waals surface area contributed by atoms with Crippen LogP contribution in [0.25, 0.3) is 0 Å². The zero-order valence-corrected chi connectivity index (χ0v) is 11.8. The molecule has 104 valence electrons. The van der Waals surface area contributed by atoms with Gasteiger partial charge in [-0.15, -0.1) is 0 Å². The topological polar surface area (TPSA) is 72.5 Å². The average molecular weight is 312 g/mol. The first-order valence-corrected chi connectivity index (χ1v) is 6.43.